The Morgan fingerprint density at radius 3 is 2.70 bits per heavy atom. The number of nitrogens with two attached hydrogens (primary N) is 1. The predicted molar refractivity (Wildman–Crippen MR) is 116 cm³/mol. The van der Waals surface area contributed by atoms with E-state index in [0.717, 1.165) is 0 Å². The van der Waals surface area contributed by atoms with E-state index in [-0.39, 0.29) is 23.3 Å². The van der Waals surface area contributed by atoms with Gasteiger partial charge in [0.25, 0.3) is 0 Å². The molecule has 1 amide bonds. The maximum Gasteiger partial charge on any atom is 0.238 e. The predicted octanol–water partition coefficient (Wildman–Crippen LogP) is 2.94. The van der Waals surface area contributed by atoms with E-state index in [2.05, 4.69) is 10.4 Å². The van der Waals surface area contributed by atoms with Gasteiger partial charge in [-0.2, -0.15) is 5.10 Å². The molecule has 0 unspecified atom stereocenters. The average molecular weight is 451 g/mol. The topological polar surface area (TPSA) is 116 Å². The van der Waals surface area contributed by atoms with E-state index >= 15 is 0 Å². The lowest BCUT2D eigenvalue weighted by molar-refractivity contribution is -0.115. The summed E-state index contributed by atoms with van der Waals surface area (Å²) in [4.78, 5) is 12.4. The van der Waals surface area contributed by atoms with Gasteiger partial charge in [0.05, 0.1) is 42.3 Å². The van der Waals surface area contributed by atoms with Crippen LogP contribution in [0.25, 0.3) is 10.9 Å². The number of hydrogen-bond donors (Lipinski definition) is 2. The molecule has 3 aromatic rings. The molecule has 10 heteroatoms. The smallest absolute Gasteiger partial charge is 0.238 e. The average Bonchev–Trinajstić information content (AvgIpc) is 3.05. The number of rotatable bonds is 8. The number of benzene rings is 2. The summed E-state index contributed by atoms with van der Waals surface area (Å²) in [6.45, 7) is 4.67. The maximum atomic E-state index is 12.5. The molecule has 0 aliphatic heterocycles. The third-order valence-corrected chi connectivity index (χ3v) is 5.70. The molecule has 0 bridgehead atoms. The van der Waals surface area contributed by atoms with E-state index in [0.29, 0.717) is 40.3 Å². The minimum atomic E-state index is -4.03. The number of primary sulfonamides is 1. The molecule has 0 saturated heterocycles. The van der Waals surface area contributed by atoms with E-state index in [1.165, 1.54) is 12.3 Å². The lowest BCUT2D eigenvalue weighted by Gasteiger charge is -2.11. The van der Waals surface area contributed by atoms with Crippen LogP contribution >= 0.6 is 11.6 Å². The number of halogens is 1. The number of fused-ring (bicyclic) bond motifs is 1. The van der Waals surface area contributed by atoms with Gasteiger partial charge in [0.1, 0.15) is 0 Å². The molecule has 0 atom stereocenters. The summed E-state index contributed by atoms with van der Waals surface area (Å²) >= 11 is 6.11. The van der Waals surface area contributed by atoms with Gasteiger partial charge >= 0.3 is 0 Å². The van der Waals surface area contributed by atoms with Crippen molar-refractivity contribution >= 4 is 44.1 Å². The molecule has 0 saturated carbocycles. The van der Waals surface area contributed by atoms with Crippen molar-refractivity contribution in [1.82, 2.24) is 9.78 Å². The van der Waals surface area contributed by atoms with Crippen LogP contribution < -0.4 is 10.5 Å². The van der Waals surface area contributed by atoms with Crippen LogP contribution in [0, 0.1) is 0 Å². The van der Waals surface area contributed by atoms with Crippen LogP contribution in [-0.2, 0) is 32.5 Å². The van der Waals surface area contributed by atoms with Crippen molar-refractivity contribution in [3.05, 3.63) is 53.2 Å². The van der Waals surface area contributed by atoms with Crippen molar-refractivity contribution in [3.63, 3.8) is 0 Å². The molecule has 0 fully saturated rings. The summed E-state index contributed by atoms with van der Waals surface area (Å²) in [5.41, 5.74) is 1.50. The fraction of sp³-hybridized carbons (Fsp3) is 0.300. The number of hydrogen-bond acceptors (Lipinski definition) is 5. The van der Waals surface area contributed by atoms with Gasteiger partial charge in [-0.3, -0.25) is 9.48 Å². The molecule has 3 N–H and O–H groups in total. The number of carbonyl (C=O) groups is 1. The highest BCUT2D eigenvalue weighted by atomic mass is 35.5. The SMILES string of the molecule is CC(C)OCCn1ncc2c(S(N)(=O)=O)cc(NC(=O)Cc3ccccc3Cl)cc21. The number of amides is 1. The molecule has 160 valence electrons. The van der Waals surface area contributed by atoms with E-state index in [4.69, 9.17) is 21.5 Å². The van der Waals surface area contributed by atoms with E-state index in [1.807, 2.05) is 13.8 Å². The van der Waals surface area contributed by atoms with Gasteiger partial charge in [-0.1, -0.05) is 29.8 Å². The highest BCUT2D eigenvalue weighted by Gasteiger charge is 2.19. The van der Waals surface area contributed by atoms with Gasteiger partial charge in [-0.05, 0) is 37.6 Å². The number of carbonyl (C=O) groups excluding carboxylic acids is 1. The number of sulfonamides is 1. The molecule has 2 aromatic carbocycles. The fourth-order valence-electron chi connectivity index (χ4n) is 3.03. The molecule has 0 spiro atoms. The maximum absolute atomic E-state index is 12.5. The first-order valence-corrected chi connectivity index (χ1v) is 11.2. The largest absolute Gasteiger partial charge is 0.377 e. The fourth-order valence-corrected chi connectivity index (χ4v) is 3.98. The molecule has 0 aliphatic rings. The van der Waals surface area contributed by atoms with Gasteiger partial charge in [-0.25, -0.2) is 13.6 Å². The van der Waals surface area contributed by atoms with E-state index < -0.39 is 10.0 Å². The number of ether oxygens (including phenoxy) is 1. The lowest BCUT2D eigenvalue weighted by atomic mass is 10.1. The summed E-state index contributed by atoms with van der Waals surface area (Å²) in [5, 5.41) is 13.2. The Morgan fingerprint density at radius 1 is 1.30 bits per heavy atom. The summed E-state index contributed by atoms with van der Waals surface area (Å²) in [6, 6.07) is 10.0. The monoisotopic (exact) mass is 450 g/mol. The van der Waals surface area contributed by atoms with Crippen LogP contribution in [0.4, 0.5) is 5.69 Å². The number of anilines is 1. The van der Waals surface area contributed by atoms with E-state index in [9.17, 15) is 13.2 Å². The summed E-state index contributed by atoms with van der Waals surface area (Å²) in [5.74, 6) is -0.336. The minimum Gasteiger partial charge on any atom is -0.377 e. The van der Waals surface area contributed by atoms with Crippen molar-refractivity contribution in [2.24, 2.45) is 5.14 Å². The second kappa shape index (κ2) is 9.13. The Morgan fingerprint density at radius 2 is 2.03 bits per heavy atom. The second-order valence-corrected chi connectivity index (χ2v) is 8.99. The first-order valence-electron chi connectivity index (χ1n) is 9.32. The molecule has 30 heavy (non-hydrogen) atoms. The first-order chi connectivity index (χ1) is 14.1. The van der Waals surface area contributed by atoms with Gasteiger partial charge in [0.15, 0.2) is 0 Å². The third-order valence-electron chi connectivity index (χ3n) is 4.38. The van der Waals surface area contributed by atoms with Gasteiger partial charge in [0.2, 0.25) is 15.9 Å². The Hall–Kier alpha value is -2.46. The Kier molecular flexibility index (Phi) is 6.77. The first kappa shape index (κ1) is 22.2. The Balaban J connectivity index is 1.91. The van der Waals surface area contributed by atoms with Crippen molar-refractivity contribution < 1.29 is 17.9 Å². The zero-order valence-electron chi connectivity index (χ0n) is 16.6. The van der Waals surface area contributed by atoms with Crippen molar-refractivity contribution in [2.45, 2.75) is 37.8 Å². The molecule has 8 nitrogen and oxygen atoms in total. The summed E-state index contributed by atoms with van der Waals surface area (Å²) in [7, 11) is -4.03. The highest BCUT2D eigenvalue weighted by Crippen LogP contribution is 2.27. The molecule has 0 radical (unpaired) electrons. The van der Waals surface area contributed by atoms with Gasteiger partial charge in [0, 0.05) is 16.1 Å². The van der Waals surface area contributed by atoms with Crippen LogP contribution in [0.3, 0.4) is 0 Å². The lowest BCUT2D eigenvalue weighted by Crippen LogP contribution is -2.17. The van der Waals surface area contributed by atoms with Crippen molar-refractivity contribution in [1.29, 1.82) is 0 Å². The van der Waals surface area contributed by atoms with Crippen LogP contribution in [0.15, 0.2) is 47.5 Å². The number of aromatic nitrogens is 2. The number of nitrogens with zero attached hydrogens (tertiary/aromatic N) is 2. The number of nitrogens with one attached hydrogen (secondary N) is 1. The van der Waals surface area contributed by atoms with Gasteiger partial charge < -0.3 is 10.1 Å². The van der Waals surface area contributed by atoms with Crippen LogP contribution in [0.1, 0.15) is 19.4 Å². The molecule has 0 aliphatic carbocycles. The quantitative estimate of drug-likeness (QED) is 0.547. The Bertz CT molecular complexity index is 1170. The molecule has 3 rings (SSSR count). The molecule has 1 heterocycles. The molecular formula is C20H23ClN4O4S. The minimum absolute atomic E-state index is 0.0455. The second-order valence-electron chi connectivity index (χ2n) is 7.06. The van der Waals surface area contributed by atoms with Crippen molar-refractivity contribution in [3.8, 4) is 0 Å². The van der Waals surface area contributed by atoms with Crippen LogP contribution in [-0.4, -0.2) is 36.8 Å². The van der Waals surface area contributed by atoms with Gasteiger partial charge in [-0.15, -0.1) is 0 Å². The zero-order chi connectivity index (χ0) is 21.9. The molecule has 1 aromatic heterocycles. The Labute approximate surface area is 180 Å². The standard InChI is InChI=1S/C20H23ClN4O4S/c1-13(2)29-8-7-25-18-10-15(11-19(30(22,27)28)16(18)12-23-25)24-20(26)9-14-5-3-4-6-17(14)21/h3-6,10-13H,7-9H2,1-2H3,(H,24,26)(H2,22,27,28). The third kappa shape index (κ3) is 5.37. The van der Waals surface area contributed by atoms with Crippen LogP contribution in [0.2, 0.25) is 5.02 Å². The summed E-state index contributed by atoms with van der Waals surface area (Å²) in [6.07, 6.45) is 1.55. The van der Waals surface area contributed by atoms with Crippen LogP contribution in [0.5, 0.6) is 0 Å². The van der Waals surface area contributed by atoms with Crippen molar-refractivity contribution in [2.75, 3.05) is 11.9 Å². The van der Waals surface area contributed by atoms with E-state index in [1.54, 1.807) is 35.0 Å². The normalized spacial score (nSPS) is 11.9. The molecular weight excluding hydrogens is 428 g/mol. The zero-order valence-corrected chi connectivity index (χ0v) is 18.2. The highest BCUT2D eigenvalue weighted by molar-refractivity contribution is 7.89. The summed E-state index contributed by atoms with van der Waals surface area (Å²) < 4.78 is 31.4.